The highest BCUT2D eigenvalue weighted by atomic mass is 79.9. The molecule has 1 saturated heterocycles. The summed E-state index contributed by atoms with van der Waals surface area (Å²) in [6.45, 7) is 10.3. The molecule has 0 bridgehead atoms. The monoisotopic (exact) mass is 450 g/mol. The fourth-order valence-corrected chi connectivity index (χ4v) is 4.29. The minimum atomic E-state index is -1.19. The van der Waals surface area contributed by atoms with Crippen molar-refractivity contribution in [2.75, 3.05) is 39.3 Å². The van der Waals surface area contributed by atoms with Crippen LogP contribution in [0.3, 0.4) is 0 Å². The summed E-state index contributed by atoms with van der Waals surface area (Å²) >= 11 is 3.29. The van der Waals surface area contributed by atoms with Gasteiger partial charge in [0.05, 0.1) is 17.1 Å². The lowest BCUT2D eigenvalue weighted by molar-refractivity contribution is 0.0694. The SMILES string of the molecule is CCN(CC)CCN1CCCC(n2cc(C(=O)O)c(=O)c3cc(Br)ncc32)C1. The largest absolute Gasteiger partial charge is 0.477 e. The molecule has 1 aliphatic heterocycles. The van der Waals surface area contributed by atoms with Crippen LogP contribution in [0.2, 0.25) is 0 Å². The number of carboxylic acid groups (broad SMARTS) is 1. The molecule has 152 valence electrons. The Bertz CT molecular complexity index is 910. The van der Waals surface area contributed by atoms with E-state index in [1.54, 1.807) is 12.3 Å². The molecule has 1 unspecified atom stereocenters. The van der Waals surface area contributed by atoms with E-state index < -0.39 is 11.4 Å². The number of nitrogens with zero attached hydrogens (tertiary/aromatic N) is 4. The van der Waals surface area contributed by atoms with Crippen molar-refractivity contribution < 1.29 is 9.90 Å². The van der Waals surface area contributed by atoms with Gasteiger partial charge in [0.25, 0.3) is 0 Å². The normalized spacial score (nSPS) is 18.1. The van der Waals surface area contributed by atoms with E-state index >= 15 is 0 Å². The van der Waals surface area contributed by atoms with Crippen molar-refractivity contribution in [1.29, 1.82) is 0 Å². The number of fused-ring (bicyclic) bond motifs is 1. The second kappa shape index (κ2) is 9.15. The van der Waals surface area contributed by atoms with Gasteiger partial charge in [-0.2, -0.15) is 0 Å². The van der Waals surface area contributed by atoms with Crippen LogP contribution in [0.5, 0.6) is 0 Å². The lowest BCUT2D eigenvalue weighted by Crippen LogP contribution is -2.41. The van der Waals surface area contributed by atoms with E-state index in [9.17, 15) is 14.7 Å². The summed E-state index contributed by atoms with van der Waals surface area (Å²) in [4.78, 5) is 33.4. The van der Waals surface area contributed by atoms with Crippen molar-refractivity contribution >= 4 is 32.8 Å². The predicted octanol–water partition coefficient (Wildman–Crippen LogP) is 2.84. The van der Waals surface area contributed by atoms with E-state index in [1.165, 1.54) is 6.20 Å². The minimum absolute atomic E-state index is 0.120. The zero-order chi connectivity index (χ0) is 20.3. The number of rotatable bonds is 7. The van der Waals surface area contributed by atoms with Crippen LogP contribution in [0.1, 0.15) is 43.1 Å². The van der Waals surface area contributed by atoms with Crippen LogP contribution in [0.15, 0.2) is 27.9 Å². The summed E-state index contributed by atoms with van der Waals surface area (Å²) in [5, 5.41) is 9.90. The van der Waals surface area contributed by atoms with Crippen LogP contribution in [0.25, 0.3) is 10.9 Å². The quantitative estimate of drug-likeness (QED) is 0.653. The van der Waals surface area contributed by atoms with Crippen LogP contribution in [0.4, 0.5) is 0 Å². The van der Waals surface area contributed by atoms with E-state index in [1.807, 2.05) is 4.57 Å². The zero-order valence-electron chi connectivity index (χ0n) is 16.4. The molecule has 0 amide bonds. The highest BCUT2D eigenvalue weighted by Crippen LogP contribution is 2.26. The molecule has 1 atom stereocenters. The third kappa shape index (κ3) is 4.45. The molecule has 1 fully saturated rings. The predicted molar refractivity (Wildman–Crippen MR) is 113 cm³/mol. The maximum Gasteiger partial charge on any atom is 0.341 e. The number of piperidine rings is 1. The van der Waals surface area contributed by atoms with Gasteiger partial charge in [-0.25, -0.2) is 9.78 Å². The Labute approximate surface area is 173 Å². The lowest BCUT2D eigenvalue weighted by Gasteiger charge is -2.35. The number of hydrogen-bond donors (Lipinski definition) is 1. The fourth-order valence-electron chi connectivity index (χ4n) is 3.96. The molecule has 28 heavy (non-hydrogen) atoms. The highest BCUT2D eigenvalue weighted by molar-refractivity contribution is 9.10. The Balaban J connectivity index is 1.93. The number of carbonyl (C=O) groups is 1. The molecular formula is C20H27BrN4O3. The molecule has 3 rings (SSSR count). The molecule has 0 spiro atoms. The number of pyridine rings is 2. The van der Waals surface area contributed by atoms with Gasteiger partial charge in [0.2, 0.25) is 5.43 Å². The summed E-state index contributed by atoms with van der Waals surface area (Å²) in [5.41, 5.74) is 0.0377. The van der Waals surface area contributed by atoms with Crippen molar-refractivity contribution in [3.8, 4) is 0 Å². The number of aromatic nitrogens is 2. The Hall–Kier alpha value is -1.77. The van der Waals surface area contributed by atoms with E-state index in [0.29, 0.717) is 15.5 Å². The van der Waals surface area contributed by atoms with Crippen molar-refractivity contribution in [1.82, 2.24) is 19.4 Å². The number of likely N-dealkylation sites (N-methyl/N-ethyl adjacent to an activating group) is 1. The van der Waals surface area contributed by atoms with Crippen LogP contribution in [-0.4, -0.2) is 69.7 Å². The smallest absolute Gasteiger partial charge is 0.341 e. The molecule has 3 heterocycles. The van der Waals surface area contributed by atoms with Gasteiger partial charge < -0.3 is 19.5 Å². The fraction of sp³-hybridized carbons (Fsp3) is 0.550. The molecule has 1 aliphatic rings. The second-order valence-electron chi connectivity index (χ2n) is 7.23. The molecule has 8 heteroatoms. The average Bonchev–Trinajstić information content (AvgIpc) is 2.69. The Morgan fingerprint density at radius 2 is 2.14 bits per heavy atom. The van der Waals surface area contributed by atoms with E-state index in [-0.39, 0.29) is 11.6 Å². The number of hydrogen-bond acceptors (Lipinski definition) is 5. The molecule has 0 aliphatic carbocycles. The van der Waals surface area contributed by atoms with Gasteiger partial charge in [0, 0.05) is 31.9 Å². The maximum absolute atomic E-state index is 12.6. The van der Waals surface area contributed by atoms with Gasteiger partial charge in [-0.1, -0.05) is 13.8 Å². The van der Waals surface area contributed by atoms with Crippen molar-refractivity contribution in [2.24, 2.45) is 0 Å². The Kier molecular flexibility index (Phi) is 6.85. The maximum atomic E-state index is 12.6. The third-order valence-corrected chi connectivity index (χ3v) is 6.05. The van der Waals surface area contributed by atoms with Gasteiger partial charge in [-0.3, -0.25) is 4.79 Å². The summed E-state index contributed by atoms with van der Waals surface area (Å²) in [5.74, 6) is -1.19. The number of aromatic carboxylic acids is 1. The van der Waals surface area contributed by atoms with Gasteiger partial charge in [0.1, 0.15) is 10.2 Å². The molecule has 0 radical (unpaired) electrons. The first-order valence-corrected chi connectivity index (χ1v) is 10.6. The number of likely N-dealkylation sites (tertiary alicyclic amines) is 1. The average molecular weight is 451 g/mol. The molecule has 1 N–H and O–H groups in total. The van der Waals surface area contributed by atoms with Gasteiger partial charge in [-0.05, 0) is 54.5 Å². The Morgan fingerprint density at radius 1 is 1.39 bits per heavy atom. The number of halogens is 1. The molecular weight excluding hydrogens is 424 g/mol. The van der Waals surface area contributed by atoms with E-state index in [2.05, 4.69) is 44.6 Å². The first-order valence-electron chi connectivity index (χ1n) is 9.83. The molecule has 2 aromatic heterocycles. The van der Waals surface area contributed by atoms with Crippen molar-refractivity contribution in [3.05, 3.63) is 38.9 Å². The van der Waals surface area contributed by atoms with Crippen LogP contribution < -0.4 is 5.43 Å². The van der Waals surface area contributed by atoms with Crippen LogP contribution in [-0.2, 0) is 0 Å². The zero-order valence-corrected chi connectivity index (χ0v) is 18.0. The van der Waals surface area contributed by atoms with Crippen LogP contribution in [0, 0.1) is 0 Å². The van der Waals surface area contributed by atoms with Gasteiger partial charge in [-0.15, -0.1) is 0 Å². The van der Waals surface area contributed by atoms with Crippen LogP contribution >= 0.6 is 15.9 Å². The summed E-state index contributed by atoms with van der Waals surface area (Å²) < 4.78 is 2.47. The summed E-state index contributed by atoms with van der Waals surface area (Å²) in [6, 6.07) is 1.73. The molecule has 0 aromatic carbocycles. The molecule has 2 aromatic rings. The van der Waals surface area contributed by atoms with E-state index in [4.69, 9.17) is 0 Å². The minimum Gasteiger partial charge on any atom is -0.477 e. The highest BCUT2D eigenvalue weighted by Gasteiger charge is 2.24. The third-order valence-electron chi connectivity index (χ3n) is 5.62. The van der Waals surface area contributed by atoms with Gasteiger partial charge in [0.15, 0.2) is 0 Å². The van der Waals surface area contributed by atoms with E-state index in [0.717, 1.165) is 52.1 Å². The topological polar surface area (TPSA) is 78.7 Å². The number of carboxylic acids is 1. The van der Waals surface area contributed by atoms with Gasteiger partial charge >= 0.3 is 5.97 Å². The first-order chi connectivity index (χ1) is 13.4. The van der Waals surface area contributed by atoms with Crippen molar-refractivity contribution in [2.45, 2.75) is 32.7 Å². The first kappa shape index (κ1) is 21.0. The molecule has 0 saturated carbocycles. The summed E-state index contributed by atoms with van der Waals surface area (Å²) in [7, 11) is 0. The lowest BCUT2D eigenvalue weighted by atomic mass is 10.0. The molecule has 7 nitrogen and oxygen atoms in total. The van der Waals surface area contributed by atoms with Crippen molar-refractivity contribution in [3.63, 3.8) is 0 Å². The second-order valence-corrected chi connectivity index (χ2v) is 8.04. The summed E-state index contributed by atoms with van der Waals surface area (Å²) in [6.07, 6.45) is 5.15. The Morgan fingerprint density at radius 3 is 2.82 bits per heavy atom. The standard InChI is InChI=1S/C20H27BrN4O3/c1-3-23(4-2)8-9-24-7-5-6-14(12-24)25-13-16(20(27)28)19(26)15-10-18(21)22-11-17(15)25/h10-11,13-14H,3-9,12H2,1-2H3,(H,27,28).